The molecular weight excluding hydrogens is 481 g/mol. The third-order valence-electron chi connectivity index (χ3n) is 7.52. The fraction of sp³-hybridized carbons (Fsp3) is 0.583. The monoisotopic (exact) mass is 513 g/mol. The quantitative estimate of drug-likeness (QED) is 0.281. The van der Waals surface area contributed by atoms with Crippen LogP contribution in [0.5, 0.6) is 0 Å². The smallest absolute Gasteiger partial charge is 0.274 e. The number of piperazine rings is 1. The van der Waals surface area contributed by atoms with Crippen molar-refractivity contribution in [2.75, 3.05) is 31.5 Å². The van der Waals surface area contributed by atoms with E-state index in [4.69, 9.17) is 4.74 Å². The Kier molecular flexibility index (Phi) is 6.31. The van der Waals surface area contributed by atoms with E-state index in [1.54, 1.807) is 33.8 Å². The minimum atomic E-state index is -1.27. The van der Waals surface area contributed by atoms with E-state index in [2.05, 4.69) is 36.1 Å². The highest BCUT2D eigenvalue weighted by molar-refractivity contribution is 5.93. The number of carbonyl (C=O) groups excluding carboxylic acids is 1. The molecule has 37 heavy (non-hydrogen) atoms. The van der Waals surface area contributed by atoms with Gasteiger partial charge in [-0.25, -0.2) is 14.4 Å². The number of nitrogens with one attached hydrogen (secondary N) is 4. The number of aromatic nitrogens is 5. The zero-order chi connectivity index (χ0) is 25.6. The zero-order valence-corrected chi connectivity index (χ0v) is 20.7. The summed E-state index contributed by atoms with van der Waals surface area (Å²) in [6.45, 7) is 4.82. The van der Waals surface area contributed by atoms with Gasteiger partial charge in [-0.2, -0.15) is 5.10 Å². The Hall–Kier alpha value is -3.13. The molecule has 6 rings (SSSR count). The Labute approximate surface area is 213 Å². The summed E-state index contributed by atoms with van der Waals surface area (Å²) < 4.78 is 22.5. The van der Waals surface area contributed by atoms with Gasteiger partial charge in [0.1, 0.15) is 17.5 Å². The van der Waals surface area contributed by atoms with Gasteiger partial charge in [-0.1, -0.05) is 0 Å². The van der Waals surface area contributed by atoms with Gasteiger partial charge in [0.05, 0.1) is 6.10 Å². The number of ether oxygens (including phenoxy) is 1. The number of H-pyrrole nitrogens is 1. The second kappa shape index (κ2) is 9.63. The molecule has 13 heteroatoms. The van der Waals surface area contributed by atoms with Gasteiger partial charge in [-0.15, -0.1) is 0 Å². The second-order valence-corrected chi connectivity index (χ2v) is 10.4. The third-order valence-corrected chi connectivity index (χ3v) is 7.52. The highest BCUT2D eigenvalue weighted by atomic mass is 19.1. The molecule has 0 spiro atoms. The molecular formula is C24H32FN9O3. The third kappa shape index (κ3) is 5.04. The first-order valence-corrected chi connectivity index (χ1v) is 12.8. The predicted molar refractivity (Wildman–Crippen MR) is 132 cm³/mol. The first-order valence-electron chi connectivity index (χ1n) is 12.8. The Bertz CT molecular complexity index is 1270. The number of anilines is 2. The predicted octanol–water partition coefficient (Wildman–Crippen LogP) is 1.26. The number of amides is 1. The van der Waals surface area contributed by atoms with Crippen molar-refractivity contribution in [3.63, 3.8) is 0 Å². The van der Waals surface area contributed by atoms with Crippen molar-refractivity contribution in [1.82, 2.24) is 40.1 Å². The summed E-state index contributed by atoms with van der Waals surface area (Å²) in [7, 11) is 0. The summed E-state index contributed by atoms with van der Waals surface area (Å²) >= 11 is 0. The molecule has 5 N–H and O–H groups in total. The van der Waals surface area contributed by atoms with Crippen LogP contribution in [0.15, 0.2) is 24.5 Å². The Morgan fingerprint density at radius 1 is 1.32 bits per heavy atom. The minimum Gasteiger partial charge on any atom is -0.356 e. The summed E-state index contributed by atoms with van der Waals surface area (Å²) in [6, 6.07) is 3.48. The van der Waals surface area contributed by atoms with Crippen molar-refractivity contribution in [3.05, 3.63) is 35.9 Å². The number of aliphatic hydroxyl groups excluding tert-OH is 1. The number of hydrogen-bond donors (Lipinski definition) is 5. The van der Waals surface area contributed by atoms with Crippen molar-refractivity contribution >= 4 is 23.3 Å². The lowest BCUT2D eigenvalue weighted by atomic mass is 10.0. The van der Waals surface area contributed by atoms with Crippen molar-refractivity contribution in [1.29, 1.82) is 0 Å². The molecule has 1 saturated heterocycles. The van der Waals surface area contributed by atoms with Crippen LogP contribution in [-0.4, -0.2) is 90.9 Å². The Morgan fingerprint density at radius 2 is 2.14 bits per heavy atom. The molecule has 0 bridgehead atoms. The lowest BCUT2D eigenvalue weighted by Gasteiger charge is -2.26. The SMILES string of the molecule is CC1(NC(O)O[C@H]2CC[C@@H](c3cc(Nc4nccc5nc(C(=O)N6CCNCC6)cn45)n[nH]3)[C@@H]2F)CC1. The van der Waals surface area contributed by atoms with E-state index in [1.165, 1.54) is 0 Å². The lowest BCUT2D eigenvalue weighted by Crippen LogP contribution is -2.46. The molecule has 3 aliphatic rings. The highest BCUT2D eigenvalue weighted by Gasteiger charge is 2.43. The number of fused-ring (bicyclic) bond motifs is 1. The molecule has 0 radical (unpaired) electrons. The summed E-state index contributed by atoms with van der Waals surface area (Å²) in [4.78, 5) is 23.5. The minimum absolute atomic E-state index is 0.113. The van der Waals surface area contributed by atoms with Crippen LogP contribution in [0, 0.1) is 0 Å². The van der Waals surface area contributed by atoms with E-state index in [1.807, 2.05) is 6.92 Å². The van der Waals surface area contributed by atoms with Crippen LogP contribution in [0.3, 0.4) is 0 Å². The highest BCUT2D eigenvalue weighted by Crippen LogP contribution is 2.40. The van der Waals surface area contributed by atoms with Crippen LogP contribution in [0.25, 0.3) is 5.65 Å². The fourth-order valence-electron chi connectivity index (χ4n) is 5.07. The van der Waals surface area contributed by atoms with Gasteiger partial charge >= 0.3 is 0 Å². The molecule has 1 aliphatic heterocycles. The maximum atomic E-state index is 15.2. The van der Waals surface area contributed by atoms with Crippen LogP contribution in [0.2, 0.25) is 0 Å². The first-order chi connectivity index (χ1) is 17.9. The standard InChI is InChI=1S/C24H32FN9O3/c1-24(5-6-24)30-23(36)37-17-3-2-14(20(17)25)15-12-18(32-31-15)29-22-27-7-4-19-28-16(13-34(19)22)21(35)33-10-8-26-9-11-33/h4,7,12-14,17,20,23,26,30,36H,2-3,5-6,8-11H2,1H3,(H2,27,29,31,32)/t14-,17-,20-,23?/m0/s1. The van der Waals surface area contributed by atoms with Gasteiger partial charge in [0.15, 0.2) is 5.82 Å². The number of rotatable bonds is 8. The Morgan fingerprint density at radius 3 is 2.92 bits per heavy atom. The molecule has 3 fully saturated rings. The van der Waals surface area contributed by atoms with Crippen LogP contribution in [0.4, 0.5) is 16.2 Å². The van der Waals surface area contributed by atoms with Gasteiger partial charge < -0.3 is 25.4 Å². The molecule has 3 aromatic heterocycles. The molecule has 4 heterocycles. The van der Waals surface area contributed by atoms with Crippen LogP contribution in [-0.2, 0) is 4.74 Å². The van der Waals surface area contributed by atoms with Crippen molar-refractivity contribution < 1.29 is 19.0 Å². The summed E-state index contributed by atoms with van der Waals surface area (Å²) in [5, 5.41) is 26.8. The molecule has 2 aliphatic carbocycles. The van der Waals surface area contributed by atoms with Gasteiger partial charge in [0.25, 0.3) is 5.91 Å². The summed E-state index contributed by atoms with van der Waals surface area (Å²) in [5.74, 6) is 0.377. The van der Waals surface area contributed by atoms with Gasteiger partial charge in [0.2, 0.25) is 12.4 Å². The molecule has 3 aromatic rings. The van der Waals surface area contributed by atoms with Crippen LogP contribution < -0.4 is 16.0 Å². The van der Waals surface area contributed by atoms with E-state index in [0.29, 0.717) is 54.7 Å². The molecule has 1 unspecified atom stereocenters. The lowest BCUT2D eigenvalue weighted by molar-refractivity contribution is -0.170. The normalized spacial score (nSPS) is 25.9. The molecule has 0 aromatic carbocycles. The number of alkyl halides is 1. The van der Waals surface area contributed by atoms with Crippen LogP contribution >= 0.6 is 0 Å². The number of imidazole rings is 1. The van der Waals surface area contributed by atoms with E-state index in [-0.39, 0.29) is 11.4 Å². The van der Waals surface area contributed by atoms with Crippen molar-refractivity contribution in [2.45, 2.75) is 62.8 Å². The van der Waals surface area contributed by atoms with Gasteiger partial charge in [-0.05, 0) is 38.7 Å². The number of nitrogens with zero attached hydrogens (tertiary/aromatic N) is 5. The molecule has 4 atom stereocenters. The number of carbonyl (C=O) groups is 1. The average molecular weight is 514 g/mol. The van der Waals surface area contributed by atoms with Crippen molar-refractivity contribution in [2.24, 2.45) is 0 Å². The van der Waals surface area contributed by atoms with E-state index in [0.717, 1.165) is 25.9 Å². The maximum absolute atomic E-state index is 15.2. The second-order valence-electron chi connectivity index (χ2n) is 10.4. The van der Waals surface area contributed by atoms with Crippen LogP contribution in [0.1, 0.15) is 54.7 Å². The number of aliphatic hydroxyl groups is 1. The van der Waals surface area contributed by atoms with Gasteiger partial charge in [-0.3, -0.25) is 19.6 Å². The average Bonchev–Trinajstić information content (AvgIpc) is 3.25. The van der Waals surface area contributed by atoms with E-state index >= 15 is 4.39 Å². The first kappa shape index (κ1) is 24.2. The molecule has 1 amide bonds. The Balaban J connectivity index is 1.12. The van der Waals surface area contributed by atoms with E-state index in [9.17, 15) is 9.90 Å². The summed E-state index contributed by atoms with van der Waals surface area (Å²) in [5.41, 5.74) is 1.47. The van der Waals surface area contributed by atoms with E-state index < -0.39 is 24.6 Å². The number of halogens is 1. The molecule has 198 valence electrons. The molecule has 2 saturated carbocycles. The fourth-order valence-corrected chi connectivity index (χ4v) is 5.07. The zero-order valence-electron chi connectivity index (χ0n) is 20.7. The number of hydrogen-bond acceptors (Lipinski definition) is 9. The van der Waals surface area contributed by atoms with Crippen molar-refractivity contribution in [3.8, 4) is 0 Å². The largest absolute Gasteiger partial charge is 0.356 e. The number of aromatic amines is 1. The van der Waals surface area contributed by atoms with Gasteiger partial charge in [0, 0.05) is 61.8 Å². The topological polar surface area (TPSA) is 145 Å². The summed E-state index contributed by atoms with van der Waals surface area (Å²) in [6.07, 6.45) is 3.15. The molecule has 12 nitrogen and oxygen atoms in total. The maximum Gasteiger partial charge on any atom is 0.274 e.